The highest BCUT2D eigenvalue weighted by Crippen LogP contribution is 2.47. The highest BCUT2D eigenvalue weighted by molar-refractivity contribution is 7.11. The molecule has 0 unspecified atom stereocenters. The van der Waals surface area contributed by atoms with E-state index in [0.29, 0.717) is 10.9 Å². The largest absolute Gasteiger partial charge is 0.496 e. The molecule has 0 amide bonds. The van der Waals surface area contributed by atoms with E-state index in [2.05, 4.69) is 41.3 Å². The quantitative estimate of drug-likeness (QED) is 0.481. The molecule has 2 bridgehead atoms. The molecule has 0 radical (unpaired) electrons. The molecule has 2 aromatic carbocycles. The van der Waals surface area contributed by atoms with Crippen molar-refractivity contribution in [2.24, 2.45) is 0 Å². The summed E-state index contributed by atoms with van der Waals surface area (Å²) >= 11 is 1.43. The minimum absolute atomic E-state index is 0.129. The van der Waals surface area contributed by atoms with Crippen LogP contribution in [0.25, 0.3) is 0 Å². The summed E-state index contributed by atoms with van der Waals surface area (Å²) in [4.78, 5) is 16.2. The molecule has 0 N–H and O–H groups in total. The summed E-state index contributed by atoms with van der Waals surface area (Å²) in [6.07, 6.45) is 2.95. The molecule has 2 aliphatic heterocycles. The van der Waals surface area contributed by atoms with Gasteiger partial charge in [0.05, 0.1) is 7.11 Å². The minimum atomic E-state index is -0.218. The third-order valence-corrected chi connectivity index (χ3v) is 7.55. The van der Waals surface area contributed by atoms with Gasteiger partial charge in [0.25, 0.3) is 0 Å². The van der Waals surface area contributed by atoms with Crippen LogP contribution >= 0.6 is 11.3 Å². The first kappa shape index (κ1) is 20.3. The maximum atomic E-state index is 13.0. The lowest BCUT2D eigenvalue weighted by Crippen LogP contribution is -2.52. The zero-order chi connectivity index (χ0) is 21.2. The van der Waals surface area contributed by atoms with Crippen molar-refractivity contribution >= 4 is 17.3 Å². The molecule has 2 aliphatic rings. The van der Waals surface area contributed by atoms with Gasteiger partial charge in [-0.1, -0.05) is 54.6 Å². The Morgan fingerprint density at radius 1 is 1.03 bits per heavy atom. The lowest BCUT2D eigenvalue weighted by Gasteiger charge is -2.44. The van der Waals surface area contributed by atoms with Crippen molar-refractivity contribution in [2.45, 2.75) is 49.9 Å². The number of esters is 1. The molecule has 5 rings (SSSR count). The van der Waals surface area contributed by atoms with Gasteiger partial charge in [-0.3, -0.25) is 4.90 Å². The zero-order valence-corrected chi connectivity index (χ0v) is 18.5. The Morgan fingerprint density at radius 2 is 1.84 bits per heavy atom. The molecular formula is C26H27NO3S. The fourth-order valence-electron chi connectivity index (χ4n) is 5.32. The molecule has 5 heteroatoms. The van der Waals surface area contributed by atoms with Crippen LogP contribution in [0.2, 0.25) is 0 Å². The van der Waals surface area contributed by atoms with E-state index < -0.39 is 0 Å². The number of ether oxygens (including phenoxy) is 2. The Morgan fingerprint density at radius 3 is 2.61 bits per heavy atom. The van der Waals surface area contributed by atoms with Gasteiger partial charge in [0.1, 0.15) is 16.7 Å². The maximum absolute atomic E-state index is 13.0. The summed E-state index contributed by atoms with van der Waals surface area (Å²) < 4.78 is 12.0. The van der Waals surface area contributed by atoms with Crippen molar-refractivity contribution in [2.75, 3.05) is 7.11 Å². The van der Waals surface area contributed by atoms with Crippen molar-refractivity contribution in [3.8, 4) is 5.75 Å². The van der Waals surface area contributed by atoms with Crippen LogP contribution in [-0.2, 0) is 11.3 Å². The van der Waals surface area contributed by atoms with Gasteiger partial charge in [-0.25, -0.2) is 4.79 Å². The van der Waals surface area contributed by atoms with Crippen LogP contribution in [0.15, 0.2) is 72.1 Å². The third-order valence-electron chi connectivity index (χ3n) is 6.70. The highest BCUT2D eigenvalue weighted by atomic mass is 32.1. The summed E-state index contributed by atoms with van der Waals surface area (Å²) in [5, 5.41) is 1.92. The Hall–Kier alpha value is -2.63. The van der Waals surface area contributed by atoms with Crippen LogP contribution in [0.3, 0.4) is 0 Å². The second-order valence-corrected chi connectivity index (χ2v) is 9.34. The predicted molar refractivity (Wildman–Crippen MR) is 123 cm³/mol. The molecule has 3 aromatic rings. The summed E-state index contributed by atoms with van der Waals surface area (Å²) in [6, 6.07) is 23.2. The molecule has 160 valence electrons. The van der Waals surface area contributed by atoms with E-state index in [4.69, 9.17) is 9.47 Å². The first-order valence-corrected chi connectivity index (χ1v) is 11.8. The lowest BCUT2D eigenvalue weighted by molar-refractivity contribution is -0.0342. The van der Waals surface area contributed by atoms with Gasteiger partial charge < -0.3 is 9.47 Å². The van der Waals surface area contributed by atoms with Crippen molar-refractivity contribution in [3.63, 3.8) is 0 Å². The van der Waals surface area contributed by atoms with Gasteiger partial charge in [0.2, 0.25) is 0 Å². The van der Waals surface area contributed by atoms with E-state index in [1.54, 1.807) is 7.11 Å². The molecule has 0 spiro atoms. The first-order valence-electron chi connectivity index (χ1n) is 10.9. The Kier molecular flexibility index (Phi) is 5.79. The Balaban J connectivity index is 1.48. The number of rotatable bonds is 6. The third kappa shape index (κ3) is 4.00. The summed E-state index contributed by atoms with van der Waals surface area (Å²) in [6.45, 7) is 0.891. The van der Waals surface area contributed by atoms with Gasteiger partial charge >= 0.3 is 5.97 Å². The number of nitrogens with zero attached hydrogens (tertiary/aromatic N) is 1. The number of para-hydroxylation sites is 1. The fraction of sp³-hybridized carbons (Fsp3) is 0.346. The summed E-state index contributed by atoms with van der Waals surface area (Å²) in [5.41, 5.74) is 2.45. The molecular weight excluding hydrogens is 406 g/mol. The number of piperidine rings is 1. The number of carbonyl (C=O) groups is 1. The van der Waals surface area contributed by atoms with Crippen molar-refractivity contribution in [1.29, 1.82) is 0 Å². The van der Waals surface area contributed by atoms with Gasteiger partial charge in [-0.2, -0.15) is 0 Å². The van der Waals surface area contributed by atoms with Crippen molar-refractivity contribution < 1.29 is 14.3 Å². The first-order chi connectivity index (χ1) is 15.2. The van der Waals surface area contributed by atoms with Gasteiger partial charge in [-0.05, 0) is 42.3 Å². The molecule has 2 fully saturated rings. The van der Waals surface area contributed by atoms with Crippen LogP contribution < -0.4 is 4.74 Å². The number of methoxy groups -OCH3 is 1. The average Bonchev–Trinajstić information content (AvgIpc) is 3.44. The van der Waals surface area contributed by atoms with Crippen LogP contribution in [-0.4, -0.2) is 36.2 Å². The predicted octanol–water partition coefficient (Wildman–Crippen LogP) is 5.50. The second kappa shape index (κ2) is 8.85. The lowest BCUT2D eigenvalue weighted by atomic mass is 9.81. The average molecular weight is 434 g/mol. The molecule has 4 atom stereocenters. The van der Waals surface area contributed by atoms with Crippen LogP contribution in [0, 0.1) is 0 Å². The van der Waals surface area contributed by atoms with Crippen LogP contribution in [0.4, 0.5) is 0 Å². The number of carbonyl (C=O) groups excluding carboxylic acids is 1. The van der Waals surface area contributed by atoms with Crippen molar-refractivity contribution in [3.05, 3.63) is 88.1 Å². The van der Waals surface area contributed by atoms with Crippen LogP contribution in [0.5, 0.6) is 5.75 Å². The number of thiophene rings is 1. The summed E-state index contributed by atoms with van der Waals surface area (Å²) in [7, 11) is 1.71. The molecule has 0 saturated carbocycles. The topological polar surface area (TPSA) is 38.8 Å². The molecule has 1 aromatic heterocycles. The van der Waals surface area contributed by atoms with Crippen molar-refractivity contribution in [1.82, 2.24) is 4.90 Å². The fourth-order valence-corrected chi connectivity index (χ4v) is 5.93. The maximum Gasteiger partial charge on any atom is 0.348 e. The SMILES string of the molecule is COc1ccccc1[C@@H]1C[C@@H]2CC[C@@H]([C@@H]1OC(=O)c1cccs1)N2Cc1ccccc1. The Bertz CT molecular complexity index is 1020. The van der Waals surface area contributed by atoms with E-state index in [9.17, 15) is 4.79 Å². The number of benzene rings is 2. The number of hydrogen-bond donors (Lipinski definition) is 0. The van der Waals surface area contributed by atoms with E-state index in [-0.39, 0.29) is 24.0 Å². The van der Waals surface area contributed by atoms with Gasteiger partial charge in [0.15, 0.2) is 0 Å². The molecule has 3 heterocycles. The normalized spacial score (nSPS) is 25.3. The van der Waals surface area contributed by atoms with Gasteiger partial charge in [0, 0.05) is 30.1 Å². The minimum Gasteiger partial charge on any atom is -0.496 e. The van der Waals surface area contributed by atoms with Gasteiger partial charge in [-0.15, -0.1) is 11.3 Å². The molecule has 2 saturated heterocycles. The van der Waals surface area contributed by atoms with E-state index >= 15 is 0 Å². The smallest absolute Gasteiger partial charge is 0.348 e. The molecule has 0 aliphatic carbocycles. The monoisotopic (exact) mass is 433 g/mol. The molecule has 4 nitrogen and oxygen atoms in total. The van der Waals surface area contributed by atoms with Crippen LogP contribution in [0.1, 0.15) is 46.0 Å². The highest BCUT2D eigenvalue weighted by Gasteiger charge is 2.50. The standard InChI is InChI=1S/C26H27NO3S/c1-29-23-11-6-5-10-20(23)21-16-19-13-14-22(27(19)17-18-8-3-2-4-9-18)25(21)30-26(28)24-12-7-15-31-24/h2-12,15,19,21-22,25H,13-14,16-17H2,1H3/t19-,21-,22-,25+/m0/s1. The number of fused-ring (bicyclic) bond motifs is 2. The van der Waals surface area contributed by atoms with E-state index in [1.165, 1.54) is 16.9 Å². The second-order valence-electron chi connectivity index (χ2n) is 8.39. The van der Waals surface area contributed by atoms with E-state index in [0.717, 1.165) is 37.1 Å². The number of hydrogen-bond acceptors (Lipinski definition) is 5. The Labute approximate surface area is 187 Å². The van der Waals surface area contributed by atoms with E-state index in [1.807, 2.05) is 35.7 Å². The zero-order valence-electron chi connectivity index (χ0n) is 17.6. The summed E-state index contributed by atoms with van der Waals surface area (Å²) in [5.74, 6) is 0.787. The molecule has 31 heavy (non-hydrogen) atoms.